The Morgan fingerprint density at radius 3 is 2.32 bits per heavy atom. The van der Waals surface area contributed by atoms with E-state index < -0.39 is 17.8 Å². The van der Waals surface area contributed by atoms with Crippen molar-refractivity contribution in [3.8, 4) is 5.75 Å². The lowest BCUT2D eigenvalue weighted by molar-refractivity contribution is -0.136. The van der Waals surface area contributed by atoms with E-state index in [0.717, 1.165) is 11.6 Å². The fourth-order valence-electron chi connectivity index (χ4n) is 2.41. The van der Waals surface area contributed by atoms with Crippen molar-refractivity contribution >= 4 is 11.7 Å². The first-order valence-corrected chi connectivity index (χ1v) is 7.72. The molecule has 0 heterocycles. The zero-order chi connectivity index (χ0) is 18.4. The third kappa shape index (κ3) is 4.89. The zero-order valence-electron chi connectivity index (χ0n) is 13.9. The molecule has 2 rings (SSSR count). The van der Waals surface area contributed by atoms with Crippen molar-refractivity contribution in [2.75, 3.05) is 12.4 Å². The van der Waals surface area contributed by atoms with Gasteiger partial charge in [-0.2, -0.15) is 13.2 Å². The van der Waals surface area contributed by atoms with E-state index in [4.69, 9.17) is 4.74 Å². The summed E-state index contributed by atoms with van der Waals surface area (Å²) in [6, 6.07) is 11.0. The van der Waals surface area contributed by atoms with Crippen LogP contribution in [-0.4, -0.2) is 13.1 Å². The van der Waals surface area contributed by atoms with Crippen molar-refractivity contribution in [3.05, 3.63) is 59.7 Å². The van der Waals surface area contributed by atoms with Crippen molar-refractivity contribution in [2.45, 2.75) is 25.6 Å². The molecule has 0 aliphatic rings. The smallest absolute Gasteiger partial charge is 0.418 e. The van der Waals surface area contributed by atoms with Gasteiger partial charge in [0.2, 0.25) is 0 Å². The number of halogens is 3. The van der Waals surface area contributed by atoms with E-state index in [1.807, 2.05) is 6.92 Å². The second-order valence-electron chi connectivity index (χ2n) is 5.38. The number of ether oxygens (including phenoxy) is 1. The zero-order valence-corrected chi connectivity index (χ0v) is 13.9. The number of benzene rings is 2. The summed E-state index contributed by atoms with van der Waals surface area (Å²) in [5.41, 5.74) is -0.331. The van der Waals surface area contributed by atoms with Crippen molar-refractivity contribution in [1.82, 2.24) is 5.32 Å². The summed E-state index contributed by atoms with van der Waals surface area (Å²) < 4.78 is 44.0. The molecule has 0 aromatic heterocycles. The fraction of sp³-hybridized carbons (Fsp3) is 0.278. The molecule has 0 saturated heterocycles. The van der Waals surface area contributed by atoms with Crippen LogP contribution in [0.25, 0.3) is 0 Å². The molecule has 25 heavy (non-hydrogen) atoms. The van der Waals surface area contributed by atoms with Gasteiger partial charge >= 0.3 is 12.2 Å². The van der Waals surface area contributed by atoms with Gasteiger partial charge in [-0.15, -0.1) is 0 Å². The normalized spacial score (nSPS) is 12.4. The van der Waals surface area contributed by atoms with Gasteiger partial charge < -0.3 is 15.4 Å². The maximum absolute atomic E-state index is 13.0. The number of methoxy groups -OCH3 is 1. The van der Waals surface area contributed by atoms with Gasteiger partial charge in [0.15, 0.2) is 0 Å². The van der Waals surface area contributed by atoms with Crippen LogP contribution < -0.4 is 15.4 Å². The Morgan fingerprint density at radius 1 is 1.12 bits per heavy atom. The lowest BCUT2D eigenvalue weighted by Gasteiger charge is -2.19. The summed E-state index contributed by atoms with van der Waals surface area (Å²) in [7, 11) is 1.55. The third-order valence-electron chi connectivity index (χ3n) is 3.71. The van der Waals surface area contributed by atoms with E-state index in [1.165, 1.54) is 18.2 Å². The molecule has 2 amide bonds. The van der Waals surface area contributed by atoms with Crippen LogP contribution in [0.1, 0.15) is 30.5 Å². The minimum atomic E-state index is -4.54. The summed E-state index contributed by atoms with van der Waals surface area (Å²) in [5.74, 6) is 0.683. The monoisotopic (exact) mass is 352 g/mol. The second kappa shape index (κ2) is 7.92. The van der Waals surface area contributed by atoms with Gasteiger partial charge in [0.05, 0.1) is 24.4 Å². The number of hydrogen-bond acceptors (Lipinski definition) is 2. The molecule has 2 aromatic carbocycles. The molecule has 0 aliphatic carbocycles. The Kier molecular flexibility index (Phi) is 5.90. The van der Waals surface area contributed by atoms with Crippen LogP contribution in [-0.2, 0) is 6.18 Å². The molecule has 1 atom stereocenters. The Hall–Kier alpha value is -2.70. The average molecular weight is 352 g/mol. The lowest BCUT2D eigenvalue weighted by atomic mass is 10.0. The van der Waals surface area contributed by atoms with Gasteiger partial charge in [-0.1, -0.05) is 31.2 Å². The number of rotatable bonds is 5. The number of carbonyl (C=O) groups excluding carboxylic acids is 1. The number of carbonyl (C=O) groups is 1. The first-order chi connectivity index (χ1) is 11.8. The molecule has 0 spiro atoms. The number of hydrogen-bond donors (Lipinski definition) is 2. The largest absolute Gasteiger partial charge is 0.497 e. The minimum Gasteiger partial charge on any atom is -0.497 e. The summed E-state index contributed by atoms with van der Waals surface area (Å²) in [4.78, 5) is 12.1. The quantitative estimate of drug-likeness (QED) is 0.797. The Bertz CT molecular complexity index is 715. The molecule has 2 N–H and O–H groups in total. The first kappa shape index (κ1) is 18.6. The van der Waals surface area contributed by atoms with Gasteiger partial charge in [-0.3, -0.25) is 0 Å². The highest BCUT2D eigenvalue weighted by molar-refractivity contribution is 5.90. The van der Waals surface area contributed by atoms with Gasteiger partial charge in [0.1, 0.15) is 5.75 Å². The molecular weight excluding hydrogens is 333 g/mol. The van der Waals surface area contributed by atoms with Gasteiger partial charge in [0, 0.05) is 0 Å². The van der Waals surface area contributed by atoms with Crippen LogP contribution in [0.5, 0.6) is 5.75 Å². The Morgan fingerprint density at radius 2 is 1.76 bits per heavy atom. The molecule has 0 saturated carbocycles. The molecule has 0 radical (unpaired) electrons. The van der Waals surface area contributed by atoms with E-state index in [-0.39, 0.29) is 11.7 Å². The van der Waals surface area contributed by atoms with Crippen LogP contribution >= 0.6 is 0 Å². The average Bonchev–Trinajstić information content (AvgIpc) is 2.59. The minimum absolute atomic E-state index is 0.280. The van der Waals surface area contributed by atoms with E-state index in [0.29, 0.717) is 12.2 Å². The van der Waals surface area contributed by atoms with Crippen LogP contribution in [0.4, 0.5) is 23.7 Å². The van der Waals surface area contributed by atoms with Gasteiger partial charge in [0.25, 0.3) is 0 Å². The number of para-hydroxylation sites is 1. The van der Waals surface area contributed by atoms with Crippen LogP contribution in [0.15, 0.2) is 48.5 Å². The van der Waals surface area contributed by atoms with Crippen molar-refractivity contribution in [1.29, 1.82) is 0 Å². The van der Waals surface area contributed by atoms with Crippen molar-refractivity contribution in [3.63, 3.8) is 0 Å². The van der Waals surface area contributed by atoms with Crippen LogP contribution in [0.3, 0.4) is 0 Å². The predicted octanol–water partition coefficient (Wildman–Crippen LogP) is 4.99. The highest BCUT2D eigenvalue weighted by Gasteiger charge is 2.33. The molecule has 0 aliphatic heterocycles. The SMILES string of the molecule is CCC(NC(=O)Nc1ccccc1C(F)(F)F)c1ccc(OC)cc1. The molecule has 2 aromatic rings. The van der Waals surface area contributed by atoms with Crippen molar-refractivity contribution < 1.29 is 22.7 Å². The summed E-state index contributed by atoms with van der Waals surface area (Å²) in [6.07, 6.45) is -3.95. The molecule has 134 valence electrons. The molecule has 0 bridgehead atoms. The highest BCUT2D eigenvalue weighted by Crippen LogP contribution is 2.34. The summed E-state index contributed by atoms with van der Waals surface area (Å²) in [6.45, 7) is 1.87. The summed E-state index contributed by atoms with van der Waals surface area (Å²) in [5, 5.41) is 4.97. The Balaban J connectivity index is 2.10. The number of amides is 2. The molecular formula is C18H19F3N2O2. The van der Waals surface area contributed by atoms with Crippen LogP contribution in [0, 0.1) is 0 Å². The number of nitrogens with one attached hydrogen (secondary N) is 2. The maximum atomic E-state index is 13.0. The number of urea groups is 1. The van der Waals surface area contributed by atoms with Gasteiger partial charge in [-0.05, 0) is 36.2 Å². The van der Waals surface area contributed by atoms with Gasteiger partial charge in [-0.25, -0.2) is 4.79 Å². The maximum Gasteiger partial charge on any atom is 0.418 e. The van der Waals surface area contributed by atoms with Crippen molar-refractivity contribution in [2.24, 2.45) is 0 Å². The van der Waals surface area contributed by atoms with Crippen LogP contribution in [0.2, 0.25) is 0 Å². The number of anilines is 1. The van der Waals surface area contributed by atoms with E-state index in [2.05, 4.69) is 10.6 Å². The second-order valence-corrected chi connectivity index (χ2v) is 5.38. The molecule has 7 heteroatoms. The number of alkyl halides is 3. The van der Waals surface area contributed by atoms with E-state index >= 15 is 0 Å². The highest BCUT2D eigenvalue weighted by atomic mass is 19.4. The fourth-order valence-corrected chi connectivity index (χ4v) is 2.41. The molecule has 1 unspecified atom stereocenters. The predicted molar refractivity (Wildman–Crippen MR) is 89.6 cm³/mol. The standard InChI is InChI=1S/C18H19F3N2O2/c1-3-15(12-8-10-13(25-2)11-9-12)22-17(24)23-16-7-5-4-6-14(16)18(19,20)21/h4-11,15H,3H2,1-2H3,(H2,22,23,24). The topological polar surface area (TPSA) is 50.4 Å². The Labute approximate surface area is 144 Å². The molecule has 0 fully saturated rings. The summed E-state index contributed by atoms with van der Waals surface area (Å²) >= 11 is 0. The lowest BCUT2D eigenvalue weighted by Crippen LogP contribution is -2.33. The third-order valence-corrected chi connectivity index (χ3v) is 3.71. The van der Waals surface area contributed by atoms with E-state index in [1.54, 1.807) is 31.4 Å². The molecule has 4 nitrogen and oxygen atoms in total. The first-order valence-electron chi connectivity index (χ1n) is 7.72. The van der Waals surface area contributed by atoms with E-state index in [9.17, 15) is 18.0 Å².